The van der Waals surface area contributed by atoms with Crippen LogP contribution in [0.2, 0.25) is 0 Å². The van der Waals surface area contributed by atoms with Crippen molar-refractivity contribution in [3.05, 3.63) is 29.8 Å². The average Bonchev–Trinajstić information content (AvgIpc) is 2.77. The molecule has 5 heteroatoms. The summed E-state index contributed by atoms with van der Waals surface area (Å²) in [5.74, 6) is -0.614. The van der Waals surface area contributed by atoms with Crippen molar-refractivity contribution < 1.29 is 23.8 Å². The fourth-order valence-corrected chi connectivity index (χ4v) is 2.08. The number of hydrogen-bond donors (Lipinski definition) is 0. The minimum atomic E-state index is -0.786. The van der Waals surface area contributed by atoms with Crippen molar-refractivity contribution in [3.63, 3.8) is 0 Å². The first-order valence-electron chi connectivity index (χ1n) is 5.57. The Bertz CT molecular complexity index is 468. The number of ether oxygens (including phenoxy) is 3. The second kappa shape index (κ2) is 5.08. The Morgan fingerprint density at radius 1 is 1.22 bits per heavy atom. The van der Waals surface area contributed by atoms with Crippen LogP contribution in [0.3, 0.4) is 0 Å². The Morgan fingerprint density at radius 2 is 1.94 bits per heavy atom. The van der Waals surface area contributed by atoms with Gasteiger partial charge in [0, 0.05) is 11.5 Å². The Balaban J connectivity index is 2.29. The number of fused-ring (bicyclic) bond motifs is 1. The molecular weight excluding hydrogens is 236 g/mol. The van der Waals surface area contributed by atoms with Gasteiger partial charge in [-0.15, -0.1) is 0 Å². The Hall–Kier alpha value is -2.04. The number of para-hydroxylation sites is 1. The fraction of sp³-hybridized carbons (Fsp3) is 0.385. The standard InChI is InChI=1S/C13H14O5/c1-16-11(14)7-9-8-5-3-4-6-10(8)18-12(9)13(15)17-2/h3-6,9,12H,7H2,1-2H3/t9-,12-/m1/s1. The molecule has 0 spiro atoms. The summed E-state index contributed by atoms with van der Waals surface area (Å²) in [6.07, 6.45) is -0.695. The lowest BCUT2D eigenvalue weighted by Gasteiger charge is -2.15. The third-order valence-electron chi connectivity index (χ3n) is 2.99. The van der Waals surface area contributed by atoms with Gasteiger partial charge in [-0.3, -0.25) is 4.79 Å². The molecule has 0 unspecified atom stereocenters. The highest BCUT2D eigenvalue weighted by molar-refractivity contribution is 5.80. The highest BCUT2D eigenvalue weighted by Gasteiger charge is 2.41. The van der Waals surface area contributed by atoms with E-state index >= 15 is 0 Å². The van der Waals surface area contributed by atoms with Crippen molar-refractivity contribution in [2.45, 2.75) is 18.4 Å². The van der Waals surface area contributed by atoms with Crippen molar-refractivity contribution in [3.8, 4) is 5.75 Å². The molecule has 0 aromatic heterocycles. The molecule has 0 fully saturated rings. The normalized spacial score (nSPS) is 20.8. The van der Waals surface area contributed by atoms with Crippen LogP contribution in [-0.4, -0.2) is 32.3 Å². The Kier molecular flexibility index (Phi) is 3.50. The molecule has 1 aliphatic rings. The summed E-state index contributed by atoms with van der Waals surface area (Å²) in [4.78, 5) is 23.1. The van der Waals surface area contributed by atoms with Gasteiger partial charge in [0.1, 0.15) is 5.75 Å². The summed E-state index contributed by atoms with van der Waals surface area (Å²) < 4.78 is 14.9. The summed E-state index contributed by atoms with van der Waals surface area (Å²) in [6.45, 7) is 0. The molecule has 0 saturated carbocycles. The van der Waals surface area contributed by atoms with Crippen LogP contribution in [0.25, 0.3) is 0 Å². The molecule has 1 aromatic rings. The second-order valence-corrected chi connectivity index (χ2v) is 3.99. The van der Waals surface area contributed by atoms with Crippen LogP contribution in [-0.2, 0) is 19.1 Å². The first kappa shape index (κ1) is 12.4. The molecule has 5 nitrogen and oxygen atoms in total. The first-order chi connectivity index (χ1) is 8.67. The summed E-state index contributed by atoms with van der Waals surface area (Å²) in [6, 6.07) is 7.26. The smallest absolute Gasteiger partial charge is 0.347 e. The summed E-state index contributed by atoms with van der Waals surface area (Å²) >= 11 is 0. The van der Waals surface area contributed by atoms with E-state index < -0.39 is 12.1 Å². The third kappa shape index (κ3) is 2.16. The van der Waals surface area contributed by atoms with E-state index in [1.54, 1.807) is 6.07 Å². The maximum absolute atomic E-state index is 11.7. The van der Waals surface area contributed by atoms with Gasteiger partial charge in [-0.25, -0.2) is 4.79 Å². The zero-order valence-corrected chi connectivity index (χ0v) is 10.2. The van der Waals surface area contributed by atoms with Gasteiger partial charge < -0.3 is 14.2 Å². The van der Waals surface area contributed by atoms with Crippen molar-refractivity contribution in [1.82, 2.24) is 0 Å². The van der Waals surface area contributed by atoms with Gasteiger partial charge in [0.2, 0.25) is 6.10 Å². The molecule has 0 N–H and O–H groups in total. The quantitative estimate of drug-likeness (QED) is 0.756. The SMILES string of the molecule is COC(=O)C[C@@H]1c2ccccc2O[C@H]1C(=O)OC. The van der Waals surface area contributed by atoms with Gasteiger partial charge >= 0.3 is 11.9 Å². The highest BCUT2D eigenvalue weighted by Crippen LogP contribution is 2.40. The molecule has 1 heterocycles. The van der Waals surface area contributed by atoms with Gasteiger partial charge in [0.05, 0.1) is 20.6 Å². The van der Waals surface area contributed by atoms with Gasteiger partial charge in [-0.1, -0.05) is 18.2 Å². The van der Waals surface area contributed by atoms with E-state index in [2.05, 4.69) is 4.74 Å². The number of hydrogen-bond acceptors (Lipinski definition) is 5. The lowest BCUT2D eigenvalue weighted by Crippen LogP contribution is -2.31. The molecule has 2 rings (SSSR count). The predicted octanol–water partition coefficient (Wildman–Crippen LogP) is 1.27. The molecule has 0 aliphatic carbocycles. The van der Waals surface area contributed by atoms with Crippen LogP contribution in [0.4, 0.5) is 0 Å². The molecule has 2 atom stereocenters. The number of carbonyl (C=O) groups is 2. The predicted molar refractivity (Wildman–Crippen MR) is 62.2 cm³/mol. The van der Waals surface area contributed by atoms with E-state index in [-0.39, 0.29) is 18.3 Å². The molecule has 0 bridgehead atoms. The van der Waals surface area contributed by atoms with Crippen LogP contribution in [0.1, 0.15) is 17.9 Å². The number of esters is 2. The molecule has 1 aliphatic heterocycles. The van der Waals surface area contributed by atoms with Crippen molar-refractivity contribution in [2.24, 2.45) is 0 Å². The molecule has 0 amide bonds. The second-order valence-electron chi connectivity index (χ2n) is 3.99. The minimum absolute atomic E-state index is 0.0906. The largest absolute Gasteiger partial charge is 0.478 e. The summed E-state index contributed by atoms with van der Waals surface area (Å²) in [5, 5.41) is 0. The van der Waals surface area contributed by atoms with E-state index in [0.717, 1.165) is 5.56 Å². The van der Waals surface area contributed by atoms with Crippen LogP contribution in [0.5, 0.6) is 5.75 Å². The molecule has 18 heavy (non-hydrogen) atoms. The van der Waals surface area contributed by atoms with E-state index in [1.807, 2.05) is 18.2 Å². The molecular formula is C13H14O5. The molecule has 0 saturated heterocycles. The zero-order valence-electron chi connectivity index (χ0n) is 10.2. The highest BCUT2D eigenvalue weighted by atomic mass is 16.6. The van der Waals surface area contributed by atoms with Crippen molar-refractivity contribution in [1.29, 1.82) is 0 Å². The van der Waals surface area contributed by atoms with Gasteiger partial charge in [0.25, 0.3) is 0 Å². The average molecular weight is 250 g/mol. The maximum Gasteiger partial charge on any atom is 0.347 e. The van der Waals surface area contributed by atoms with Gasteiger partial charge in [-0.05, 0) is 6.07 Å². The monoisotopic (exact) mass is 250 g/mol. The number of methoxy groups -OCH3 is 2. The van der Waals surface area contributed by atoms with Crippen LogP contribution in [0.15, 0.2) is 24.3 Å². The van der Waals surface area contributed by atoms with Crippen LogP contribution >= 0.6 is 0 Å². The van der Waals surface area contributed by atoms with E-state index in [9.17, 15) is 9.59 Å². The van der Waals surface area contributed by atoms with Crippen molar-refractivity contribution >= 4 is 11.9 Å². The summed E-state index contributed by atoms with van der Waals surface area (Å²) in [7, 11) is 2.61. The van der Waals surface area contributed by atoms with E-state index in [1.165, 1.54) is 14.2 Å². The van der Waals surface area contributed by atoms with E-state index in [0.29, 0.717) is 5.75 Å². The topological polar surface area (TPSA) is 61.8 Å². The number of carbonyl (C=O) groups excluding carboxylic acids is 2. The lowest BCUT2D eigenvalue weighted by molar-refractivity contribution is -0.150. The molecule has 96 valence electrons. The number of rotatable bonds is 3. The third-order valence-corrected chi connectivity index (χ3v) is 2.99. The maximum atomic E-state index is 11.7. The lowest BCUT2D eigenvalue weighted by atomic mass is 9.92. The van der Waals surface area contributed by atoms with E-state index in [4.69, 9.17) is 9.47 Å². The Labute approximate surface area is 105 Å². The Morgan fingerprint density at radius 3 is 2.61 bits per heavy atom. The molecule has 1 aromatic carbocycles. The zero-order chi connectivity index (χ0) is 13.1. The minimum Gasteiger partial charge on any atom is -0.478 e. The van der Waals surface area contributed by atoms with Gasteiger partial charge in [0.15, 0.2) is 0 Å². The molecule has 0 radical (unpaired) electrons. The van der Waals surface area contributed by atoms with Crippen LogP contribution < -0.4 is 4.74 Å². The van der Waals surface area contributed by atoms with Crippen molar-refractivity contribution in [2.75, 3.05) is 14.2 Å². The van der Waals surface area contributed by atoms with Gasteiger partial charge in [-0.2, -0.15) is 0 Å². The van der Waals surface area contributed by atoms with Crippen LogP contribution in [0, 0.1) is 0 Å². The summed E-state index contributed by atoms with van der Waals surface area (Å²) in [5.41, 5.74) is 0.832. The fourth-order valence-electron chi connectivity index (χ4n) is 2.08. The first-order valence-corrected chi connectivity index (χ1v) is 5.57. The number of benzene rings is 1.